The van der Waals surface area contributed by atoms with Gasteiger partial charge < -0.3 is 10.8 Å². The highest BCUT2D eigenvalue weighted by molar-refractivity contribution is 7.99. The van der Waals surface area contributed by atoms with Gasteiger partial charge in [-0.25, -0.2) is 4.98 Å². The summed E-state index contributed by atoms with van der Waals surface area (Å²) < 4.78 is 36.9. The highest BCUT2D eigenvalue weighted by Gasteiger charge is 2.30. The fourth-order valence-corrected chi connectivity index (χ4v) is 2.15. The third-order valence-electron chi connectivity index (χ3n) is 2.61. The van der Waals surface area contributed by atoms with Crippen LogP contribution in [-0.4, -0.2) is 28.0 Å². The summed E-state index contributed by atoms with van der Waals surface area (Å²) in [7, 11) is 0. The van der Waals surface area contributed by atoms with Gasteiger partial charge in [0.05, 0.1) is 16.2 Å². The summed E-state index contributed by atoms with van der Waals surface area (Å²) in [5.74, 6) is 0.675. The first-order valence-electron chi connectivity index (χ1n) is 5.83. The molecule has 0 bridgehead atoms. The Kier molecular flexibility index (Phi) is 5.64. The van der Waals surface area contributed by atoms with Gasteiger partial charge in [0.25, 0.3) is 0 Å². The molecule has 0 saturated carbocycles. The summed E-state index contributed by atoms with van der Waals surface area (Å²) in [6, 6.07) is 2.37. The minimum atomic E-state index is -4.35. The van der Waals surface area contributed by atoms with Gasteiger partial charge in [-0.15, -0.1) is 11.8 Å². The number of hydrogen-bond acceptors (Lipinski definition) is 4. The van der Waals surface area contributed by atoms with Crippen LogP contribution in [0.3, 0.4) is 0 Å². The van der Waals surface area contributed by atoms with Gasteiger partial charge in [-0.3, -0.25) is 0 Å². The summed E-state index contributed by atoms with van der Waals surface area (Å²) in [6.45, 7) is 1.85. The molecule has 1 heterocycles. The molecule has 1 aromatic heterocycles. The molecule has 19 heavy (non-hydrogen) atoms. The number of hydrogen-bond donors (Lipinski definition) is 2. The van der Waals surface area contributed by atoms with E-state index in [2.05, 4.69) is 4.98 Å². The lowest BCUT2D eigenvalue weighted by Gasteiger charge is -2.20. The largest absolute Gasteiger partial charge is 0.417 e. The van der Waals surface area contributed by atoms with Crippen LogP contribution in [0.25, 0.3) is 0 Å². The van der Waals surface area contributed by atoms with Crippen LogP contribution in [0.5, 0.6) is 0 Å². The van der Waals surface area contributed by atoms with Crippen LogP contribution in [0.2, 0.25) is 0 Å². The summed E-state index contributed by atoms with van der Waals surface area (Å²) >= 11 is 1.36. The molecule has 3 nitrogen and oxygen atoms in total. The average Bonchev–Trinajstić information content (AvgIpc) is 2.34. The lowest BCUT2D eigenvalue weighted by molar-refractivity contribution is -0.137. The zero-order valence-electron chi connectivity index (χ0n) is 10.6. The van der Waals surface area contributed by atoms with E-state index < -0.39 is 17.3 Å². The number of pyridine rings is 1. The van der Waals surface area contributed by atoms with Crippen LogP contribution in [0.4, 0.5) is 13.2 Å². The van der Waals surface area contributed by atoms with Crippen molar-refractivity contribution in [2.75, 3.05) is 12.3 Å². The lowest BCUT2D eigenvalue weighted by Crippen LogP contribution is -2.34. The predicted octanol–water partition coefficient (Wildman–Crippen LogP) is 2.68. The quantitative estimate of drug-likeness (QED) is 0.625. The van der Waals surface area contributed by atoms with Gasteiger partial charge in [0.1, 0.15) is 0 Å². The fraction of sp³-hybridized carbons (Fsp3) is 0.583. The second-order valence-electron chi connectivity index (χ2n) is 4.54. The molecule has 7 heteroatoms. The van der Waals surface area contributed by atoms with Crippen molar-refractivity contribution in [2.45, 2.75) is 36.6 Å². The first-order valence-corrected chi connectivity index (χ1v) is 6.82. The molecule has 1 aromatic rings. The van der Waals surface area contributed by atoms with Crippen molar-refractivity contribution in [2.24, 2.45) is 5.73 Å². The standard InChI is InChI=1S/C12H17F3N2OS/c1-11(18,8-16)5-2-6-19-10-4-3-9(7-17-10)12(13,14)15/h3-4,7,18H,2,5-6,8,16H2,1H3. The Hall–Kier alpha value is -0.790. The van der Waals surface area contributed by atoms with Crippen LogP contribution in [0.1, 0.15) is 25.3 Å². The van der Waals surface area contributed by atoms with E-state index in [0.29, 0.717) is 17.2 Å². The van der Waals surface area contributed by atoms with Gasteiger partial charge in [0.2, 0.25) is 0 Å². The lowest BCUT2D eigenvalue weighted by atomic mass is 10.0. The Bertz CT molecular complexity index is 393. The molecule has 0 aliphatic carbocycles. The minimum Gasteiger partial charge on any atom is -0.389 e. The van der Waals surface area contributed by atoms with Crippen molar-refractivity contribution in [3.63, 3.8) is 0 Å². The number of alkyl halides is 3. The van der Waals surface area contributed by atoms with Gasteiger partial charge in [-0.1, -0.05) is 0 Å². The maximum Gasteiger partial charge on any atom is 0.417 e. The molecule has 0 spiro atoms. The van der Waals surface area contributed by atoms with Gasteiger partial charge >= 0.3 is 6.18 Å². The Morgan fingerprint density at radius 2 is 2.05 bits per heavy atom. The average molecular weight is 294 g/mol. The van der Waals surface area contributed by atoms with E-state index in [1.54, 1.807) is 6.92 Å². The van der Waals surface area contributed by atoms with E-state index in [1.165, 1.54) is 17.8 Å². The second-order valence-corrected chi connectivity index (χ2v) is 5.65. The smallest absolute Gasteiger partial charge is 0.389 e. The summed E-state index contributed by atoms with van der Waals surface area (Å²) in [4.78, 5) is 3.76. The molecule has 0 aliphatic rings. The molecule has 0 aliphatic heterocycles. The predicted molar refractivity (Wildman–Crippen MR) is 68.9 cm³/mol. The SMILES string of the molecule is CC(O)(CN)CCCSc1ccc(C(F)(F)F)cn1. The number of thioether (sulfide) groups is 1. The third-order valence-corrected chi connectivity index (χ3v) is 3.64. The molecule has 3 N–H and O–H groups in total. The Balaban J connectivity index is 2.39. The Morgan fingerprint density at radius 1 is 1.37 bits per heavy atom. The molecule has 0 fully saturated rings. The maximum absolute atomic E-state index is 12.3. The molecule has 1 unspecified atom stereocenters. The Morgan fingerprint density at radius 3 is 2.53 bits per heavy atom. The molecule has 0 amide bonds. The van der Waals surface area contributed by atoms with E-state index in [4.69, 9.17) is 5.73 Å². The number of aromatic nitrogens is 1. The van der Waals surface area contributed by atoms with Crippen LogP contribution < -0.4 is 5.73 Å². The highest BCUT2D eigenvalue weighted by Crippen LogP contribution is 2.29. The van der Waals surface area contributed by atoms with E-state index in [-0.39, 0.29) is 6.54 Å². The first-order chi connectivity index (χ1) is 8.74. The summed E-state index contributed by atoms with van der Waals surface area (Å²) in [6.07, 6.45) is -2.25. The molecular formula is C12H17F3N2OS. The fourth-order valence-electron chi connectivity index (χ4n) is 1.37. The van der Waals surface area contributed by atoms with Crippen molar-refractivity contribution in [1.82, 2.24) is 4.98 Å². The number of rotatable bonds is 6. The summed E-state index contributed by atoms with van der Waals surface area (Å²) in [5, 5.41) is 10.2. The summed E-state index contributed by atoms with van der Waals surface area (Å²) in [5.41, 5.74) is 3.75. The molecule has 1 rings (SSSR count). The topological polar surface area (TPSA) is 59.1 Å². The number of halogens is 3. The Labute approximate surface area is 114 Å². The van der Waals surface area contributed by atoms with Crippen molar-refractivity contribution in [3.05, 3.63) is 23.9 Å². The van der Waals surface area contributed by atoms with Crippen LogP contribution in [-0.2, 0) is 6.18 Å². The van der Waals surface area contributed by atoms with Crippen LogP contribution in [0.15, 0.2) is 23.4 Å². The number of nitrogens with two attached hydrogens (primary N) is 1. The van der Waals surface area contributed by atoms with Gasteiger partial charge in [-0.05, 0) is 37.7 Å². The van der Waals surface area contributed by atoms with Gasteiger partial charge in [0.15, 0.2) is 0 Å². The van der Waals surface area contributed by atoms with E-state index in [0.717, 1.165) is 18.7 Å². The van der Waals surface area contributed by atoms with Gasteiger partial charge in [-0.2, -0.15) is 13.2 Å². The van der Waals surface area contributed by atoms with Gasteiger partial charge in [0, 0.05) is 12.7 Å². The zero-order chi connectivity index (χ0) is 14.5. The van der Waals surface area contributed by atoms with E-state index >= 15 is 0 Å². The maximum atomic E-state index is 12.3. The second kappa shape index (κ2) is 6.58. The minimum absolute atomic E-state index is 0.191. The van der Waals surface area contributed by atoms with E-state index in [9.17, 15) is 18.3 Å². The normalized spacial score (nSPS) is 15.3. The molecule has 0 saturated heterocycles. The zero-order valence-corrected chi connectivity index (χ0v) is 11.4. The third kappa shape index (κ3) is 5.80. The van der Waals surface area contributed by atoms with Crippen LogP contribution >= 0.6 is 11.8 Å². The van der Waals surface area contributed by atoms with Crippen molar-refractivity contribution in [1.29, 1.82) is 0 Å². The van der Waals surface area contributed by atoms with Crippen molar-refractivity contribution in [3.8, 4) is 0 Å². The molecule has 1 atom stereocenters. The highest BCUT2D eigenvalue weighted by atomic mass is 32.2. The molecule has 0 radical (unpaired) electrons. The monoisotopic (exact) mass is 294 g/mol. The molecule has 108 valence electrons. The number of nitrogens with zero attached hydrogens (tertiary/aromatic N) is 1. The first kappa shape index (κ1) is 16.3. The van der Waals surface area contributed by atoms with Crippen molar-refractivity contribution < 1.29 is 18.3 Å². The molecule has 0 aromatic carbocycles. The number of aliphatic hydroxyl groups is 1. The van der Waals surface area contributed by atoms with Crippen molar-refractivity contribution >= 4 is 11.8 Å². The van der Waals surface area contributed by atoms with Crippen LogP contribution in [0, 0.1) is 0 Å². The van der Waals surface area contributed by atoms with E-state index in [1.807, 2.05) is 0 Å². The molecular weight excluding hydrogens is 277 g/mol.